The maximum Gasteiger partial charge on any atom is 0.220 e. The summed E-state index contributed by atoms with van der Waals surface area (Å²) in [6, 6.07) is 10.1. The predicted octanol–water partition coefficient (Wildman–Crippen LogP) is 1.13. The van der Waals surface area contributed by atoms with Gasteiger partial charge in [-0.25, -0.2) is 9.67 Å². The van der Waals surface area contributed by atoms with Gasteiger partial charge in [-0.15, -0.1) is 5.10 Å². The first-order chi connectivity index (χ1) is 5.95. The average Bonchev–Trinajstić information content (AvgIpc) is 2.59. The van der Waals surface area contributed by atoms with Crippen molar-refractivity contribution in [1.29, 1.82) is 0 Å². The molecule has 2 rings (SSSR count). The van der Waals surface area contributed by atoms with Gasteiger partial charge in [0.1, 0.15) is 6.33 Å². The number of benzene rings is 1. The molecule has 59 valence electrons. The zero-order valence-corrected chi connectivity index (χ0v) is 6.51. The molecule has 0 fully saturated rings. The van der Waals surface area contributed by atoms with Crippen molar-refractivity contribution >= 4 is 0 Å². The Morgan fingerprint density at radius 2 is 2.08 bits per heavy atom. The smallest absolute Gasteiger partial charge is 0.220 e. The van der Waals surface area contributed by atoms with Crippen LogP contribution in [0.5, 0.6) is 0 Å². The molecule has 1 heterocycles. The molecule has 0 spiro atoms. The van der Waals surface area contributed by atoms with Gasteiger partial charge in [-0.05, 0) is 5.56 Å². The molecule has 12 heavy (non-hydrogen) atoms. The molecule has 0 aliphatic rings. The van der Waals surface area contributed by atoms with E-state index >= 15 is 0 Å². The van der Waals surface area contributed by atoms with Crippen LogP contribution in [-0.2, 0) is 6.54 Å². The van der Waals surface area contributed by atoms with E-state index in [1.165, 1.54) is 5.56 Å². The summed E-state index contributed by atoms with van der Waals surface area (Å²) in [7, 11) is 0. The van der Waals surface area contributed by atoms with Crippen molar-refractivity contribution in [3.8, 4) is 0 Å². The summed E-state index contributed by atoms with van der Waals surface area (Å²) in [5, 5.41) is 3.89. The zero-order valence-electron chi connectivity index (χ0n) is 6.51. The third-order valence-corrected chi connectivity index (χ3v) is 1.61. The molecule has 0 atom stereocenters. The lowest BCUT2D eigenvalue weighted by atomic mass is 10.2. The molecule has 0 saturated carbocycles. The van der Waals surface area contributed by atoms with E-state index in [9.17, 15) is 0 Å². The third kappa shape index (κ3) is 1.50. The van der Waals surface area contributed by atoms with Gasteiger partial charge in [0.15, 0.2) is 0 Å². The molecule has 0 bridgehead atoms. The fourth-order valence-electron chi connectivity index (χ4n) is 1.05. The molecule has 1 radical (unpaired) electrons. The van der Waals surface area contributed by atoms with E-state index in [4.69, 9.17) is 0 Å². The van der Waals surface area contributed by atoms with Gasteiger partial charge >= 0.3 is 0 Å². The maximum absolute atomic E-state index is 3.89. The van der Waals surface area contributed by atoms with E-state index in [2.05, 4.69) is 28.5 Å². The average molecular weight is 158 g/mol. The minimum absolute atomic E-state index is 0.761. The molecule has 0 aliphatic heterocycles. The van der Waals surface area contributed by atoms with Crippen LogP contribution in [0.3, 0.4) is 0 Å². The molecule has 0 saturated heterocycles. The van der Waals surface area contributed by atoms with Crippen LogP contribution in [0.15, 0.2) is 36.7 Å². The third-order valence-electron chi connectivity index (χ3n) is 1.61. The van der Waals surface area contributed by atoms with Crippen molar-refractivity contribution in [1.82, 2.24) is 14.8 Å². The highest BCUT2D eigenvalue weighted by Gasteiger charge is 1.92. The first kappa shape index (κ1) is 7.03. The monoisotopic (exact) mass is 158 g/mol. The minimum atomic E-state index is 0.761. The summed E-state index contributed by atoms with van der Waals surface area (Å²) < 4.78 is 1.75. The van der Waals surface area contributed by atoms with Crippen LogP contribution in [0, 0.1) is 6.33 Å². The van der Waals surface area contributed by atoms with Gasteiger partial charge in [-0.3, -0.25) is 0 Å². The Bertz CT molecular complexity index is 326. The fraction of sp³-hybridized carbons (Fsp3) is 0.111. The van der Waals surface area contributed by atoms with Gasteiger partial charge in [0.05, 0.1) is 6.54 Å². The SMILES string of the molecule is [c]1ncn(Cc2ccccc2)n1. The lowest BCUT2D eigenvalue weighted by Gasteiger charge is -1.98. The van der Waals surface area contributed by atoms with E-state index in [-0.39, 0.29) is 0 Å². The Kier molecular flexibility index (Phi) is 1.86. The van der Waals surface area contributed by atoms with Crippen LogP contribution in [0.1, 0.15) is 5.56 Å². The first-order valence-electron chi connectivity index (χ1n) is 3.74. The van der Waals surface area contributed by atoms with Crippen molar-refractivity contribution in [2.45, 2.75) is 6.54 Å². The van der Waals surface area contributed by atoms with Crippen LogP contribution in [0.25, 0.3) is 0 Å². The molecular formula is C9H8N3. The van der Waals surface area contributed by atoms with Gasteiger partial charge in [0.2, 0.25) is 6.33 Å². The Hall–Kier alpha value is -1.64. The van der Waals surface area contributed by atoms with Gasteiger partial charge in [0.25, 0.3) is 0 Å². The highest BCUT2D eigenvalue weighted by molar-refractivity contribution is 5.14. The predicted molar refractivity (Wildman–Crippen MR) is 44.4 cm³/mol. The minimum Gasteiger partial charge on any atom is -0.248 e. The van der Waals surface area contributed by atoms with Gasteiger partial charge in [0, 0.05) is 0 Å². The van der Waals surface area contributed by atoms with Crippen LogP contribution in [0.4, 0.5) is 0 Å². The molecule has 3 nitrogen and oxygen atoms in total. The van der Waals surface area contributed by atoms with Crippen molar-refractivity contribution in [2.24, 2.45) is 0 Å². The molecule has 0 N–H and O–H groups in total. The Morgan fingerprint density at radius 3 is 2.75 bits per heavy atom. The van der Waals surface area contributed by atoms with Gasteiger partial charge in [-0.1, -0.05) is 30.3 Å². The molecular weight excluding hydrogens is 150 g/mol. The van der Waals surface area contributed by atoms with E-state index in [1.54, 1.807) is 11.0 Å². The molecule has 3 heteroatoms. The highest BCUT2D eigenvalue weighted by Crippen LogP contribution is 1.99. The van der Waals surface area contributed by atoms with Crippen LogP contribution < -0.4 is 0 Å². The molecule has 1 aromatic heterocycles. The Labute approximate surface area is 70.7 Å². The Balaban J connectivity index is 2.15. The highest BCUT2D eigenvalue weighted by atomic mass is 15.3. The largest absolute Gasteiger partial charge is 0.248 e. The summed E-state index contributed by atoms with van der Waals surface area (Å²) >= 11 is 0. The number of hydrogen-bond acceptors (Lipinski definition) is 2. The first-order valence-corrected chi connectivity index (χ1v) is 3.74. The van der Waals surface area contributed by atoms with Crippen LogP contribution >= 0.6 is 0 Å². The second-order valence-corrected chi connectivity index (χ2v) is 2.53. The summed E-state index contributed by atoms with van der Waals surface area (Å²) in [6.45, 7) is 0.761. The standard InChI is InChI=1S/C9H8N3/c1-2-4-9(5-3-1)6-12-8-10-7-11-12/h1-5,8H,6H2. The van der Waals surface area contributed by atoms with Gasteiger partial charge in [-0.2, -0.15) is 0 Å². The second kappa shape index (κ2) is 3.17. The molecule has 2 aromatic rings. The lowest BCUT2D eigenvalue weighted by molar-refractivity contribution is 0.683. The molecule has 0 amide bonds. The lowest BCUT2D eigenvalue weighted by Crippen LogP contribution is -1.99. The number of nitrogens with zero attached hydrogens (tertiary/aromatic N) is 3. The quantitative estimate of drug-likeness (QED) is 0.655. The Morgan fingerprint density at radius 1 is 1.25 bits per heavy atom. The number of rotatable bonds is 2. The van der Waals surface area contributed by atoms with Crippen molar-refractivity contribution in [2.75, 3.05) is 0 Å². The second-order valence-electron chi connectivity index (χ2n) is 2.53. The molecule has 0 unspecified atom stereocenters. The maximum atomic E-state index is 3.89. The van der Waals surface area contributed by atoms with E-state index in [0.29, 0.717) is 0 Å². The van der Waals surface area contributed by atoms with Gasteiger partial charge < -0.3 is 0 Å². The molecule has 1 aromatic carbocycles. The summed E-state index contributed by atoms with van der Waals surface area (Å²) in [4.78, 5) is 3.75. The summed E-state index contributed by atoms with van der Waals surface area (Å²) in [6.07, 6.45) is 4.17. The molecule has 0 aliphatic carbocycles. The van der Waals surface area contributed by atoms with E-state index < -0.39 is 0 Å². The fourth-order valence-corrected chi connectivity index (χ4v) is 1.05. The topological polar surface area (TPSA) is 30.7 Å². The normalized spacial score (nSPS) is 10.0. The summed E-state index contributed by atoms with van der Waals surface area (Å²) in [5.41, 5.74) is 1.22. The van der Waals surface area contributed by atoms with Crippen molar-refractivity contribution in [3.63, 3.8) is 0 Å². The van der Waals surface area contributed by atoms with Crippen molar-refractivity contribution < 1.29 is 0 Å². The number of hydrogen-bond donors (Lipinski definition) is 0. The van der Waals surface area contributed by atoms with Crippen LogP contribution in [-0.4, -0.2) is 14.8 Å². The van der Waals surface area contributed by atoms with E-state index in [1.807, 2.05) is 18.2 Å². The van der Waals surface area contributed by atoms with Crippen molar-refractivity contribution in [3.05, 3.63) is 48.5 Å². The summed E-state index contributed by atoms with van der Waals surface area (Å²) in [5.74, 6) is 0. The number of aromatic nitrogens is 3. The van der Waals surface area contributed by atoms with E-state index in [0.717, 1.165) is 6.54 Å². The van der Waals surface area contributed by atoms with Crippen LogP contribution in [0.2, 0.25) is 0 Å². The zero-order chi connectivity index (χ0) is 8.23.